The number of imide groups is 1. The minimum Gasteiger partial charge on any atom is -0.329 e. The third-order valence-electron chi connectivity index (χ3n) is 3.30. The number of anilines is 1. The molecule has 0 bridgehead atoms. The molecule has 1 fully saturated rings. The van der Waals surface area contributed by atoms with E-state index in [1.807, 2.05) is 36.4 Å². The number of nitrogens with one attached hydrogen (secondary N) is 2. The second-order valence-electron chi connectivity index (χ2n) is 4.71. The summed E-state index contributed by atoms with van der Waals surface area (Å²) in [4.78, 5) is 35.8. The van der Waals surface area contributed by atoms with E-state index in [9.17, 15) is 14.4 Å². The molecule has 2 aromatic carbocycles. The highest BCUT2D eigenvalue weighted by molar-refractivity contribution is 6.08. The van der Waals surface area contributed by atoms with E-state index in [4.69, 9.17) is 0 Å². The maximum atomic E-state index is 12.0. The van der Waals surface area contributed by atoms with Gasteiger partial charge in [0.05, 0.1) is 6.54 Å². The highest BCUT2D eigenvalue weighted by Gasteiger charge is 2.30. The number of hydrogen-bond donors (Lipinski definition) is 2. The monoisotopic (exact) mass is 283 g/mol. The van der Waals surface area contributed by atoms with Gasteiger partial charge in [0.2, 0.25) is 5.91 Å². The van der Waals surface area contributed by atoms with Crippen molar-refractivity contribution in [3.63, 3.8) is 0 Å². The quantitative estimate of drug-likeness (QED) is 0.834. The van der Waals surface area contributed by atoms with Crippen LogP contribution in [0.4, 0.5) is 10.5 Å². The molecule has 0 atom stereocenters. The highest BCUT2D eigenvalue weighted by Crippen LogP contribution is 2.22. The van der Waals surface area contributed by atoms with E-state index >= 15 is 0 Å². The lowest BCUT2D eigenvalue weighted by atomic mass is 10.1. The number of benzene rings is 2. The first-order valence-electron chi connectivity index (χ1n) is 6.51. The van der Waals surface area contributed by atoms with Crippen LogP contribution in [0.1, 0.15) is 0 Å². The summed E-state index contributed by atoms with van der Waals surface area (Å²) >= 11 is 0. The van der Waals surface area contributed by atoms with Crippen LogP contribution in [-0.2, 0) is 9.59 Å². The molecule has 4 amide bonds. The molecule has 1 aliphatic heterocycles. The van der Waals surface area contributed by atoms with E-state index in [2.05, 4.69) is 10.6 Å². The Hall–Kier alpha value is -2.89. The Morgan fingerprint density at radius 1 is 1.14 bits per heavy atom. The van der Waals surface area contributed by atoms with Crippen molar-refractivity contribution in [1.29, 1.82) is 0 Å². The number of nitrogens with zero attached hydrogens (tertiary/aromatic N) is 1. The Kier molecular flexibility index (Phi) is 3.27. The zero-order valence-corrected chi connectivity index (χ0v) is 11.1. The molecule has 106 valence electrons. The van der Waals surface area contributed by atoms with Crippen LogP contribution < -0.4 is 10.6 Å². The molecule has 0 spiro atoms. The first-order chi connectivity index (χ1) is 10.1. The van der Waals surface area contributed by atoms with Crippen LogP contribution >= 0.6 is 0 Å². The maximum Gasteiger partial charge on any atom is 0.325 e. The number of carbonyl (C=O) groups excluding carboxylic acids is 3. The Morgan fingerprint density at radius 3 is 2.67 bits per heavy atom. The predicted octanol–water partition coefficient (Wildman–Crippen LogP) is 1.33. The molecule has 0 radical (unpaired) electrons. The van der Waals surface area contributed by atoms with Crippen LogP contribution in [-0.4, -0.2) is 35.8 Å². The third kappa shape index (κ3) is 2.55. The summed E-state index contributed by atoms with van der Waals surface area (Å²) in [5, 5.41) is 7.03. The molecule has 0 saturated carbocycles. The second kappa shape index (κ2) is 5.24. The summed E-state index contributed by atoms with van der Waals surface area (Å²) < 4.78 is 0. The van der Waals surface area contributed by atoms with Gasteiger partial charge >= 0.3 is 6.03 Å². The fraction of sp³-hybridized carbons (Fsp3) is 0.133. The van der Waals surface area contributed by atoms with Crippen LogP contribution in [0, 0.1) is 0 Å². The van der Waals surface area contributed by atoms with Gasteiger partial charge in [0, 0.05) is 11.1 Å². The minimum atomic E-state index is -0.534. The van der Waals surface area contributed by atoms with Crippen LogP contribution in [0.15, 0.2) is 42.5 Å². The summed E-state index contributed by atoms with van der Waals surface area (Å²) in [6.07, 6.45) is 0. The molecule has 1 aliphatic rings. The summed E-state index contributed by atoms with van der Waals surface area (Å²) in [6, 6.07) is 12.7. The van der Waals surface area contributed by atoms with E-state index < -0.39 is 17.8 Å². The van der Waals surface area contributed by atoms with Gasteiger partial charge in [-0.25, -0.2) is 4.79 Å². The largest absolute Gasteiger partial charge is 0.329 e. The molecule has 1 heterocycles. The van der Waals surface area contributed by atoms with Crippen molar-refractivity contribution in [3.05, 3.63) is 42.5 Å². The van der Waals surface area contributed by atoms with Crippen molar-refractivity contribution in [2.45, 2.75) is 0 Å². The van der Waals surface area contributed by atoms with Gasteiger partial charge < -0.3 is 10.6 Å². The van der Waals surface area contributed by atoms with E-state index in [1.54, 1.807) is 6.07 Å². The molecule has 1 saturated heterocycles. The number of rotatable bonds is 3. The molecule has 2 N–H and O–H groups in total. The summed E-state index contributed by atoms with van der Waals surface area (Å²) in [5.41, 5.74) is 0.658. The average molecular weight is 283 g/mol. The predicted molar refractivity (Wildman–Crippen MR) is 77.7 cm³/mol. The van der Waals surface area contributed by atoms with Gasteiger partial charge in [-0.05, 0) is 11.5 Å². The smallest absolute Gasteiger partial charge is 0.325 e. The van der Waals surface area contributed by atoms with Crippen molar-refractivity contribution in [3.8, 4) is 0 Å². The van der Waals surface area contributed by atoms with Crippen LogP contribution in [0.2, 0.25) is 0 Å². The molecule has 6 nitrogen and oxygen atoms in total. The van der Waals surface area contributed by atoms with E-state index in [0.717, 1.165) is 15.7 Å². The van der Waals surface area contributed by atoms with E-state index in [-0.39, 0.29) is 13.1 Å². The Bertz CT molecular complexity index is 721. The number of hydrogen-bond acceptors (Lipinski definition) is 3. The normalized spacial score (nSPS) is 14.4. The van der Waals surface area contributed by atoms with E-state index in [0.29, 0.717) is 5.69 Å². The number of carbonyl (C=O) groups is 3. The third-order valence-corrected chi connectivity index (χ3v) is 3.30. The molecule has 3 rings (SSSR count). The lowest BCUT2D eigenvalue weighted by Crippen LogP contribution is -2.38. The van der Waals surface area contributed by atoms with Crippen LogP contribution in [0.25, 0.3) is 10.8 Å². The Labute approximate surface area is 120 Å². The Morgan fingerprint density at radius 2 is 1.90 bits per heavy atom. The van der Waals surface area contributed by atoms with Crippen molar-refractivity contribution in [2.24, 2.45) is 0 Å². The first-order valence-corrected chi connectivity index (χ1v) is 6.51. The molecule has 0 aliphatic carbocycles. The van der Waals surface area contributed by atoms with Gasteiger partial charge in [0.25, 0.3) is 5.91 Å². The summed E-state index contributed by atoms with van der Waals surface area (Å²) in [7, 11) is 0. The molecule has 21 heavy (non-hydrogen) atoms. The van der Waals surface area contributed by atoms with Crippen molar-refractivity contribution < 1.29 is 14.4 Å². The summed E-state index contributed by atoms with van der Waals surface area (Å²) in [6.45, 7) is -0.339. The molecule has 6 heteroatoms. The molecule has 0 unspecified atom stereocenters. The lowest BCUT2D eigenvalue weighted by Gasteiger charge is -2.13. The van der Waals surface area contributed by atoms with E-state index in [1.165, 1.54) is 0 Å². The fourth-order valence-electron chi connectivity index (χ4n) is 2.28. The van der Waals surface area contributed by atoms with Gasteiger partial charge in [-0.2, -0.15) is 0 Å². The van der Waals surface area contributed by atoms with Crippen molar-refractivity contribution in [2.75, 3.05) is 18.4 Å². The minimum absolute atomic E-state index is 0.0552. The number of fused-ring (bicyclic) bond motifs is 1. The number of amides is 4. The van der Waals surface area contributed by atoms with Gasteiger partial charge in [-0.1, -0.05) is 36.4 Å². The van der Waals surface area contributed by atoms with Gasteiger partial charge in [0.15, 0.2) is 0 Å². The Balaban J connectivity index is 1.78. The lowest BCUT2D eigenvalue weighted by molar-refractivity contribution is -0.128. The van der Waals surface area contributed by atoms with Gasteiger partial charge in [-0.15, -0.1) is 0 Å². The fourth-order valence-corrected chi connectivity index (χ4v) is 2.28. The highest BCUT2D eigenvalue weighted by atomic mass is 16.2. The summed E-state index contributed by atoms with van der Waals surface area (Å²) in [5.74, 6) is -0.801. The molecular formula is C15H13N3O3. The van der Waals surface area contributed by atoms with Crippen molar-refractivity contribution in [1.82, 2.24) is 10.2 Å². The first kappa shape index (κ1) is 13.1. The number of urea groups is 1. The van der Waals surface area contributed by atoms with Gasteiger partial charge in [0.1, 0.15) is 6.54 Å². The van der Waals surface area contributed by atoms with Crippen LogP contribution in [0.3, 0.4) is 0 Å². The topological polar surface area (TPSA) is 78.5 Å². The zero-order valence-electron chi connectivity index (χ0n) is 11.1. The second-order valence-corrected chi connectivity index (χ2v) is 4.71. The molecule has 0 aromatic heterocycles. The molecule has 2 aromatic rings. The standard InChI is InChI=1S/C15H13N3O3/c19-13(9-18-14(20)8-16-15(18)21)17-12-7-3-5-10-4-1-2-6-11(10)12/h1-7H,8-9H2,(H,16,21)(H,17,19). The zero-order chi connectivity index (χ0) is 14.8. The average Bonchev–Trinajstić information content (AvgIpc) is 2.79. The SMILES string of the molecule is O=C(CN1C(=O)CNC1=O)Nc1cccc2ccccc12. The molecular weight excluding hydrogens is 270 g/mol. The maximum absolute atomic E-state index is 12.0. The van der Waals surface area contributed by atoms with Crippen LogP contribution in [0.5, 0.6) is 0 Å². The van der Waals surface area contributed by atoms with Gasteiger partial charge in [-0.3, -0.25) is 14.5 Å². The van der Waals surface area contributed by atoms with Crippen molar-refractivity contribution >= 4 is 34.3 Å².